The number of hydrogen-bond acceptors (Lipinski definition) is 3. The Kier molecular flexibility index (Phi) is 4.74. The zero-order chi connectivity index (χ0) is 11.3. The van der Waals surface area contributed by atoms with Crippen LogP contribution in [0, 0.1) is 0 Å². The summed E-state index contributed by atoms with van der Waals surface area (Å²) in [6.45, 7) is 0.0513. The number of amides is 1. The van der Waals surface area contributed by atoms with Crippen molar-refractivity contribution < 1.29 is 9.90 Å². The highest BCUT2D eigenvalue weighted by molar-refractivity contribution is 9.10. The van der Waals surface area contributed by atoms with Gasteiger partial charge in [-0.05, 0) is 11.6 Å². The summed E-state index contributed by atoms with van der Waals surface area (Å²) in [6.07, 6.45) is 0. The lowest BCUT2D eigenvalue weighted by atomic mass is 10.2. The molecule has 0 aliphatic carbocycles. The summed E-state index contributed by atoms with van der Waals surface area (Å²) in [6, 6.07) is 6.72. The fraction of sp³-hybridized carbons (Fsp3) is 0.300. The lowest BCUT2D eigenvalue weighted by molar-refractivity contribution is -0.123. The first-order valence-electron chi connectivity index (χ1n) is 4.52. The molecule has 1 rings (SSSR count). The molecule has 0 heterocycles. The van der Waals surface area contributed by atoms with E-state index < -0.39 is 6.04 Å². The van der Waals surface area contributed by atoms with Crippen LogP contribution in [0.15, 0.2) is 28.7 Å². The molecule has 0 radical (unpaired) electrons. The molecule has 0 bridgehead atoms. The van der Waals surface area contributed by atoms with E-state index >= 15 is 0 Å². The average molecular weight is 273 g/mol. The smallest absolute Gasteiger partial charge is 0.239 e. The molecule has 0 aliphatic heterocycles. The third-order valence-corrected chi connectivity index (χ3v) is 2.72. The van der Waals surface area contributed by atoms with Gasteiger partial charge in [-0.15, -0.1) is 0 Å². The molecule has 0 aliphatic rings. The average Bonchev–Trinajstić information content (AvgIpc) is 2.26. The van der Waals surface area contributed by atoms with Gasteiger partial charge in [-0.2, -0.15) is 0 Å². The van der Waals surface area contributed by atoms with Crippen molar-refractivity contribution in [2.75, 3.05) is 6.61 Å². The molecule has 1 amide bonds. The Hall–Kier alpha value is -0.910. The molecule has 0 spiro atoms. The lowest BCUT2D eigenvalue weighted by Gasteiger charge is -2.10. The Morgan fingerprint density at radius 2 is 2.20 bits per heavy atom. The van der Waals surface area contributed by atoms with E-state index in [1.54, 1.807) is 0 Å². The van der Waals surface area contributed by atoms with Gasteiger partial charge in [0.25, 0.3) is 0 Å². The molecular formula is C10H13BrN2O2. The van der Waals surface area contributed by atoms with Gasteiger partial charge in [-0.25, -0.2) is 0 Å². The number of nitrogens with two attached hydrogens (primary N) is 1. The summed E-state index contributed by atoms with van der Waals surface area (Å²) in [5, 5.41) is 11.3. The predicted octanol–water partition coefficient (Wildman–Crippen LogP) is 0.385. The second kappa shape index (κ2) is 5.85. The fourth-order valence-electron chi connectivity index (χ4n) is 1.04. The molecule has 4 nitrogen and oxygen atoms in total. The van der Waals surface area contributed by atoms with Crippen molar-refractivity contribution in [2.45, 2.75) is 12.6 Å². The van der Waals surface area contributed by atoms with Crippen molar-refractivity contribution in [2.24, 2.45) is 5.73 Å². The maximum atomic E-state index is 11.2. The normalized spacial score (nSPS) is 12.2. The van der Waals surface area contributed by atoms with Crippen LogP contribution < -0.4 is 11.1 Å². The SMILES string of the molecule is NC(CO)C(=O)NCc1ccccc1Br. The summed E-state index contributed by atoms with van der Waals surface area (Å²) < 4.78 is 0.933. The van der Waals surface area contributed by atoms with Crippen LogP contribution in [-0.4, -0.2) is 23.7 Å². The molecule has 1 atom stereocenters. The van der Waals surface area contributed by atoms with Gasteiger partial charge in [0.2, 0.25) is 5.91 Å². The molecule has 4 N–H and O–H groups in total. The molecule has 0 saturated carbocycles. The maximum absolute atomic E-state index is 11.2. The lowest BCUT2D eigenvalue weighted by Crippen LogP contribution is -2.42. The summed E-state index contributed by atoms with van der Waals surface area (Å²) in [7, 11) is 0. The number of benzene rings is 1. The first kappa shape index (κ1) is 12.2. The van der Waals surface area contributed by atoms with Crippen molar-refractivity contribution in [1.82, 2.24) is 5.32 Å². The molecule has 15 heavy (non-hydrogen) atoms. The zero-order valence-corrected chi connectivity index (χ0v) is 9.70. The van der Waals surface area contributed by atoms with E-state index in [-0.39, 0.29) is 12.5 Å². The minimum absolute atomic E-state index is 0.345. The number of carbonyl (C=O) groups excluding carboxylic acids is 1. The van der Waals surface area contributed by atoms with Gasteiger partial charge in [-0.1, -0.05) is 34.1 Å². The van der Waals surface area contributed by atoms with E-state index in [1.165, 1.54) is 0 Å². The van der Waals surface area contributed by atoms with Crippen molar-refractivity contribution in [1.29, 1.82) is 0 Å². The molecule has 1 aromatic rings. The first-order valence-corrected chi connectivity index (χ1v) is 5.32. The van der Waals surface area contributed by atoms with E-state index in [9.17, 15) is 4.79 Å². The van der Waals surface area contributed by atoms with Gasteiger partial charge in [0.15, 0.2) is 0 Å². The van der Waals surface area contributed by atoms with Crippen molar-refractivity contribution in [3.05, 3.63) is 34.3 Å². The molecule has 0 saturated heterocycles. The number of aliphatic hydroxyl groups excluding tert-OH is 1. The van der Waals surface area contributed by atoms with Gasteiger partial charge in [0, 0.05) is 11.0 Å². The van der Waals surface area contributed by atoms with Crippen molar-refractivity contribution in [3.8, 4) is 0 Å². The highest BCUT2D eigenvalue weighted by Crippen LogP contribution is 2.15. The third-order valence-electron chi connectivity index (χ3n) is 1.94. The van der Waals surface area contributed by atoms with Gasteiger partial charge >= 0.3 is 0 Å². The summed E-state index contributed by atoms with van der Waals surface area (Å²) >= 11 is 3.37. The van der Waals surface area contributed by atoms with Gasteiger partial charge in [-0.3, -0.25) is 4.79 Å². The second-order valence-corrected chi connectivity index (χ2v) is 3.95. The Balaban J connectivity index is 2.51. The van der Waals surface area contributed by atoms with Crippen LogP contribution >= 0.6 is 15.9 Å². The predicted molar refractivity (Wildman–Crippen MR) is 61.0 cm³/mol. The van der Waals surface area contributed by atoms with Crippen molar-refractivity contribution >= 4 is 21.8 Å². The molecule has 5 heteroatoms. The molecule has 1 aromatic carbocycles. The van der Waals surface area contributed by atoms with Crippen LogP contribution in [-0.2, 0) is 11.3 Å². The highest BCUT2D eigenvalue weighted by Gasteiger charge is 2.11. The van der Waals surface area contributed by atoms with Gasteiger partial charge < -0.3 is 16.2 Å². The number of hydrogen-bond donors (Lipinski definition) is 3. The Bertz CT molecular complexity index is 344. The topological polar surface area (TPSA) is 75.3 Å². The standard InChI is InChI=1S/C10H13BrN2O2/c11-8-4-2-1-3-7(8)5-13-10(15)9(12)6-14/h1-4,9,14H,5-6,12H2,(H,13,15). The minimum Gasteiger partial charge on any atom is -0.394 e. The monoisotopic (exact) mass is 272 g/mol. The highest BCUT2D eigenvalue weighted by atomic mass is 79.9. The Morgan fingerprint density at radius 3 is 2.80 bits per heavy atom. The molecule has 0 aromatic heterocycles. The van der Waals surface area contributed by atoms with E-state index in [0.29, 0.717) is 6.54 Å². The quantitative estimate of drug-likeness (QED) is 0.742. The van der Waals surface area contributed by atoms with Crippen LogP contribution in [0.4, 0.5) is 0 Å². The van der Waals surface area contributed by atoms with Crippen LogP contribution in [0.1, 0.15) is 5.56 Å². The van der Waals surface area contributed by atoms with E-state index in [2.05, 4.69) is 21.2 Å². The van der Waals surface area contributed by atoms with Crippen LogP contribution in [0.5, 0.6) is 0 Å². The first-order chi connectivity index (χ1) is 7.15. The van der Waals surface area contributed by atoms with Crippen LogP contribution in [0.25, 0.3) is 0 Å². The number of rotatable bonds is 4. The number of aliphatic hydroxyl groups is 1. The number of halogens is 1. The zero-order valence-electron chi connectivity index (χ0n) is 8.11. The van der Waals surface area contributed by atoms with Crippen LogP contribution in [0.3, 0.4) is 0 Å². The van der Waals surface area contributed by atoms with E-state index in [4.69, 9.17) is 10.8 Å². The maximum Gasteiger partial charge on any atom is 0.239 e. The van der Waals surface area contributed by atoms with Crippen LogP contribution in [0.2, 0.25) is 0 Å². The largest absolute Gasteiger partial charge is 0.394 e. The Labute approximate surface area is 96.6 Å². The molecule has 82 valence electrons. The second-order valence-electron chi connectivity index (χ2n) is 3.10. The van der Waals surface area contributed by atoms with Crippen molar-refractivity contribution in [3.63, 3.8) is 0 Å². The van der Waals surface area contributed by atoms with Gasteiger partial charge in [0.1, 0.15) is 6.04 Å². The number of carbonyl (C=O) groups is 1. The van der Waals surface area contributed by atoms with E-state index in [0.717, 1.165) is 10.0 Å². The molecular weight excluding hydrogens is 260 g/mol. The fourth-order valence-corrected chi connectivity index (χ4v) is 1.46. The van der Waals surface area contributed by atoms with Gasteiger partial charge in [0.05, 0.1) is 6.61 Å². The molecule has 1 unspecified atom stereocenters. The van der Waals surface area contributed by atoms with E-state index in [1.807, 2.05) is 24.3 Å². The number of nitrogens with one attached hydrogen (secondary N) is 1. The summed E-state index contributed by atoms with van der Waals surface area (Å²) in [5.41, 5.74) is 6.31. The molecule has 0 fully saturated rings. The third kappa shape index (κ3) is 3.62. The minimum atomic E-state index is -0.854. The summed E-state index contributed by atoms with van der Waals surface area (Å²) in [5.74, 6) is -0.353. The summed E-state index contributed by atoms with van der Waals surface area (Å²) in [4.78, 5) is 11.2. The Morgan fingerprint density at radius 1 is 1.53 bits per heavy atom.